The number of pyridine rings is 1. The highest BCUT2D eigenvalue weighted by Crippen LogP contribution is 2.20. The number of ether oxygens (including phenoxy) is 2. The molecule has 11 nitrogen and oxygen atoms in total. The Labute approximate surface area is 184 Å². The zero-order chi connectivity index (χ0) is 22.4. The van der Waals surface area contributed by atoms with Crippen molar-refractivity contribution >= 4 is 17.4 Å². The number of benzene rings is 1. The van der Waals surface area contributed by atoms with Crippen LogP contribution in [0.25, 0.3) is 0 Å². The van der Waals surface area contributed by atoms with Crippen molar-refractivity contribution in [1.29, 1.82) is 0 Å². The van der Waals surface area contributed by atoms with E-state index in [-0.39, 0.29) is 6.61 Å². The fourth-order valence-electron chi connectivity index (χ4n) is 3.04. The van der Waals surface area contributed by atoms with Gasteiger partial charge in [-0.3, -0.25) is 4.79 Å². The zero-order valence-corrected chi connectivity index (χ0v) is 17.8. The molecule has 0 bridgehead atoms. The molecule has 3 heterocycles. The lowest BCUT2D eigenvalue weighted by atomic mass is 10.1. The van der Waals surface area contributed by atoms with Gasteiger partial charge >= 0.3 is 0 Å². The highest BCUT2D eigenvalue weighted by molar-refractivity contribution is 6.10. The quantitative estimate of drug-likeness (QED) is 0.437. The third kappa shape index (κ3) is 4.95. The molecule has 0 aliphatic carbocycles. The van der Waals surface area contributed by atoms with Gasteiger partial charge in [-0.2, -0.15) is 0 Å². The summed E-state index contributed by atoms with van der Waals surface area (Å²) in [6.07, 6.45) is 0.754. The Bertz CT molecular complexity index is 1090. The third-order valence-electron chi connectivity index (χ3n) is 4.75. The van der Waals surface area contributed by atoms with E-state index < -0.39 is 11.7 Å². The smallest absolute Gasteiger partial charge is 0.285 e. The van der Waals surface area contributed by atoms with Crippen LogP contribution in [0.3, 0.4) is 0 Å². The number of hydrogen-bond donors (Lipinski definition) is 1. The molecule has 0 unspecified atom stereocenters. The molecule has 32 heavy (non-hydrogen) atoms. The van der Waals surface area contributed by atoms with Crippen molar-refractivity contribution in [2.75, 3.05) is 18.5 Å². The molecular weight excluding hydrogens is 414 g/mol. The van der Waals surface area contributed by atoms with E-state index in [4.69, 9.17) is 14.3 Å². The van der Waals surface area contributed by atoms with Gasteiger partial charge < -0.3 is 19.6 Å². The van der Waals surface area contributed by atoms with Crippen LogP contribution in [-0.4, -0.2) is 55.8 Å². The average Bonchev–Trinajstić information content (AvgIpc) is 3.23. The lowest BCUT2D eigenvalue weighted by Crippen LogP contribution is -2.48. The van der Waals surface area contributed by atoms with E-state index in [2.05, 4.69) is 31.0 Å². The molecule has 4 rings (SSSR count). The van der Waals surface area contributed by atoms with Gasteiger partial charge in [0, 0.05) is 12.6 Å². The van der Waals surface area contributed by atoms with E-state index in [1.807, 2.05) is 30.3 Å². The summed E-state index contributed by atoms with van der Waals surface area (Å²) in [5.41, 5.74) is 1.87. The van der Waals surface area contributed by atoms with Crippen LogP contribution in [0.4, 0.5) is 5.82 Å². The number of hydrogen-bond acceptors (Lipinski definition) is 9. The summed E-state index contributed by atoms with van der Waals surface area (Å²) in [6.45, 7) is 2.60. The van der Waals surface area contributed by atoms with Crippen LogP contribution in [0.1, 0.15) is 30.4 Å². The minimum atomic E-state index is -1.33. The molecule has 0 atom stereocenters. The predicted octanol–water partition coefficient (Wildman–Crippen LogP) is 1.67. The molecule has 3 aromatic rings. The molecule has 2 aromatic heterocycles. The molecular formula is C21H23N7O4. The SMILES string of the molecule is Cn1nnnc1C(=NOCc1cccc(NC(=O)C2(C)OCCCO2)n1)c1ccccc1. The molecule has 1 fully saturated rings. The number of amides is 1. The third-order valence-corrected chi connectivity index (χ3v) is 4.75. The Balaban J connectivity index is 1.45. The Morgan fingerprint density at radius 2 is 1.97 bits per heavy atom. The molecule has 11 heteroatoms. The number of aryl methyl sites for hydroxylation is 1. The Morgan fingerprint density at radius 3 is 2.69 bits per heavy atom. The van der Waals surface area contributed by atoms with Gasteiger partial charge in [-0.15, -0.1) is 5.10 Å². The van der Waals surface area contributed by atoms with Crippen LogP contribution in [0, 0.1) is 0 Å². The molecule has 1 N–H and O–H groups in total. The predicted molar refractivity (Wildman–Crippen MR) is 113 cm³/mol. The summed E-state index contributed by atoms with van der Waals surface area (Å²) in [5, 5.41) is 18.5. The van der Waals surface area contributed by atoms with Crippen LogP contribution in [0.15, 0.2) is 53.7 Å². The topological polar surface area (TPSA) is 126 Å². The first-order chi connectivity index (χ1) is 15.5. The van der Waals surface area contributed by atoms with Crippen molar-refractivity contribution in [2.24, 2.45) is 12.2 Å². The number of oxime groups is 1. The first kappa shape index (κ1) is 21.5. The second-order valence-corrected chi connectivity index (χ2v) is 7.17. The summed E-state index contributed by atoms with van der Waals surface area (Å²) < 4.78 is 12.5. The van der Waals surface area contributed by atoms with Crippen LogP contribution >= 0.6 is 0 Å². The molecule has 1 aliphatic rings. The maximum atomic E-state index is 12.5. The van der Waals surface area contributed by atoms with E-state index >= 15 is 0 Å². The Kier molecular flexibility index (Phi) is 6.47. The Morgan fingerprint density at radius 1 is 1.19 bits per heavy atom. The lowest BCUT2D eigenvalue weighted by Gasteiger charge is -2.32. The van der Waals surface area contributed by atoms with E-state index in [0.29, 0.717) is 36.3 Å². The van der Waals surface area contributed by atoms with Gasteiger partial charge in [0.25, 0.3) is 5.91 Å². The second-order valence-electron chi connectivity index (χ2n) is 7.17. The first-order valence-corrected chi connectivity index (χ1v) is 10.1. The van der Waals surface area contributed by atoms with Crippen LogP contribution in [0.5, 0.6) is 0 Å². The molecule has 1 aromatic carbocycles. The molecule has 1 amide bonds. The maximum Gasteiger partial charge on any atom is 0.285 e. The largest absolute Gasteiger partial charge is 0.389 e. The van der Waals surface area contributed by atoms with Gasteiger partial charge in [0.1, 0.15) is 5.82 Å². The highest BCUT2D eigenvalue weighted by atomic mass is 16.7. The Hall–Kier alpha value is -3.70. The number of rotatable bonds is 7. The zero-order valence-electron chi connectivity index (χ0n) is 17.8. The molecule has 166 valence electrons. The van der Waals surface area contributed by atoms with E-state index in [1.165, 1.54) is 4.68 Å². The number of nitrogens with one attached hydrogen (secondary N) is 1. The molecule has 0 spiro atoms. The van der Waals surface area contributed by atoms with Crippen LogP contribution in [-0.2, 0) is 32.8 Å². The molecule has 1 aliphatic heterocycles. The van der Waals surface area contributed by atoms with Crippen molar-refractivity contribution < 1.29 is 19.1 Å². The number of carbonyl (C=O) groups excluding carboxylic acids is 1. The number of nitrogens with zero attached hydrogens (tertiary/aromatic N) is 6. The fourth-order valence-corrected chi connectivity index (χ4v) is 3.04. The minimum Gasteiger partial charge on any atom is -0.389 e. The summed E-state index contributed by atoms with van der Waals surface area (Å²) in [7, 11) is 1.72. The highest BCUT2D eigenvalue weighted by Gasteiger charge is 2.37. The van der Waals surface area contributed by atoms with Gasteiger partial charge in [-0.25, -0.2) is 9.67 Å². The summed E-state index contributed by atoms with van der Waals surface area (Å²) in [5.74, 6) is -0.918. The number of anilines is 1. The maximum absolute atomic E-state index is 12.5. The second kappa shape index (κ2) is 9.62. The van der Waals surface area contributed by atoms with E-state index in [0.717, 1.165) is 12.0 Å². The van der Waals surface area contributed by atoms with Crippen molar-refractivity contribution in [3.05, 3.63) is 65.6 Å². The van der Waals surface area contributed by atoms with Crippen molar-refractivity contribution in [2.45, 2.75) is 25.7 Å². The van der Waals surface area contributed by atoms with Gasteiger partial charge in [-0.05, 0) is 35.9 Å². The molecule has 1 saturated heterocycles. The van der Waals surface area contributed by atoms with Gasteiger partial charge in [0.2, 0.25) is 11.6 Å². The average molecular weight is 437 g/mol. The number of carbonyl (C=O) groups is 1. The standard InChI is InChI=1S/C21H23N7O4/c1-21(30-12-7-13-31-21)20(29)23-17-11-6-10-16(22-17)14-32-25-18(15-8-4-3-5-9-15)19-24-26-27-28(19)2/h3-6,8-11H,7,12-14H2,1-2H3,(H,22,23,29). The van der Waals surface area contributed by atoms with Crippen molar-refractivity contribution in [1.82, 2.24) is 25.2 Å². The van der Waals surface area contributed by atoms with E-state index in [1.54, 1.807) is 32.2 Å². The summed E-state index contributed by atoms with van der Waals surface area (Å²) >= 11 is 0. The van der Waals surface area contributed by atoms with Crippen molar-refractivity contribution in [3.63, 3.8) is 0 Å². The molecule has 0 saturated carbocycles. The number of tetrazole rings is 1. The van der Waals surface area contributed by atoms with Crippen LogP contribution < -0.4 is 5.32 Å². The van der Waals surface area contributed by atoms with Crippen molar-refractivity contribution in [3.8, 4) is 0 Å². The summed E-state index contributed by atoms with van der Waals surface area (Å²) in [4.78, 5) is 22.5. The first-order valence-electron chi connectivity index (χ1n) is 10.1. The van der Waals surface area contributed by atoms with Gasteiger partial charge in [-0.1, -0.05) is 41.6 Å². The lowest BCUT2D eigenvalue weighted by molar-refractivity contribution is -0.241. The van der Waals surface area contributed by atoms with E-state index in [9.17, 15) is 4.79 Å². The normalized spacial score (nSPS) is 15.9. The van der Waals surface area contributed by atoms with Gasteiger partial charge in [0.15, 0.2) is 12.3 Å². The summed E-state index contributed by atoms with van der Waals surface area (Å²) in [6, 6.07) is 14.7. The van der Waals surface area contributed by atoms with Crippen LogP contribution in [0.2, 0.25) is 0 Å². The van der Waals surface area contributed by atoms with Gasteiger partial charge in [0.05, 0.1) is 18.9 Å². The monoisotopic (exact) mass is 437 g/mol. The fraction of sp³-hybridized carbons (Fsp3) is 0.333. The minimum absolute atomic E-state index is 0.0790. The number of aromatic nitrogens is 5. The molecule has 0 radical (unpaired) electrons.